The number of hydrogen-bond donors (Lipinski definition) is 3. The van der Waals surface area contributed by atoms with Crippen LogP contribution in [0.3, 0.4) is 0 Å². The molecule has 1 amide bonds. The largest absolute Gasteiger partial charge is 0.409 e. The maximum absolute atomic E-state index is 11.7. The third-order valence-corrected chi connectivity index (χ3v) is 2.54. The van der Waals surface area contributed by atoms with E-state index in [2.05, 4.69) is 26.4 Å². The quantitative estimate of drug-likeness (QED) is 0.339. The molecule has 0 radical (unpaired) electrons. The topological polar surface area (TPSA) is 87.7 Å². The zero-order chi connectivity index (χ0) is 12.1. The highest BCUT2D eigenvalue weighted by Crippen LogP contribution is 2.10. The van der Waals surface area contributed by atoms with Gasteiger partial charge in [0.25, 0.3) is 5.91 Å². The van der Waals surface area contributed by atoms with Gasteiger partial charge in [-0.2, -0.15) is 0 Å². The number of halogens is 1. The number of hydrogen-bond acceptors (Lipinski definition) is 3. The highest BCUT2D eigenvalue weighted by molar-refractivity contribution is 9.10. The van der Waals surface area contributed by atoms with Gasteiger partial charge in [-0.1, -0.05) is 21.1 Å². The Kier molecular flexibility index (Phi) is 4.30. The molecule has 4 N–H and O–H groups in total. The Labute approximate surface area is 101 Å². The van der Waals surface area contributed by atoms with Gasteiger partial charge in [-0.3, -0.25) is 4.79 Å². The van der Waals surface area contributed by atoms with E-state index in [9.17, 15) is 4.79 Å². The fourth-order valence-electron chi connectivity index (χ4n) is 1.04. The molecule has 0 bridgehead atoms. The van der Waals surface area contributed by atoms with E-state index in [-0.39, 0.29) is 11.7 Å². The number of nitrogens with zero attached hydrogens (tertiary/aromatic N) is 1. The predicted octanol–water partition coefficient (Wildman–Crippen LogP) is 1.31. The number of benzene rings is 1. The van der Waals surface area contributed by atoms with Gasteiger partial charge in [-0.15, -0.1) is 0 Å². The van der Waals surface area contributed by atoms with Gasteiger partial charge < -0.3 is 16.3 Å². The fourth-order valence-corrected chi connectivity index (χ4v) is 1.31. The summed E-state index contributed by atoms with van der Waals surface area (Å²) in [6, 6.07) is 6.38. The molecule has 0 fully saturated rings. The lowest BCUT2D eigenvalue weighted by Gasteiger charge is -2.11. The SMILES string of the molecule is CC(NC(=O)c1ccc(Br)cc1)/C(N)=N/O. The van der Waals surface area contributed by atoms with Crippen molar-refractivity contribution < 1.29 is 10.0 Å². The molecule has 0 aliphatic heterocycles. The van der Waals surface area contributed by atoms with Crippen LogP contribution in [0.25, 0.3) is 0 Å². The van der Waals surface area contributed by atoms with Crippen LogP contribution in [0, 0.1) is 0 Å². The molecule has 1 unspecified atom stereocenters. The molecule has 1 atom stereocenters. The van der Waals surface area contributed by atoms with Crippen LogP contribution in [-0.4, -0.2) is 23.0 Å². The number of carbonyl (C=O) groups excluding carboxylic acids is 1. The molecular formula is C10H12BrN3O2. The number of oxime groups is 1. The second-order valence-corrected chi connectivity index (χ2v) is 4.14. The summed E-state index contributed by atoms with van der Waals surface area (Å²) >= 11 is 3.28. The van der Waals surface area contributed by atoms with Crippen LogP contribution in [0.1, 0.15) is 17.3 Å². The summed E-state index contributed by atoms with van der Waals surface area (Å²) in [5.41, 5.74) is 5.86. The highest BCUT2D eigenvalue weighted by atomic mass is 79.9. The van der Waals surface area contributed by atoms with Crippen LogP contribution >= 0.6 is 15.9 Å². The lowest BCUT2D eigenvalue weighted by molar-refractivity contribution is 0.0948. The molecule has 16 heavy (non-hydrogen) atoms. The second-order valence-electron chi connectivity index (χ2n) is 3.23. The number of amides is 1. The first-order valence-corrected chi connectivity index (χ1v) is 5.37. The number of nitrogens with two attached hydrogens (primary N) is 1. The summed E-state index contributed by atoms with van der Waals surface area (Å²) in [6.07, 6.45) is 0. The van der Waals surface area contributed by atoms with Gasteiger partial charge in [0.1, 0.15) is 0 Å². The van der Waals surface area contributed by atoms with Crippen LogP contribution < -0.4 is 11.1 Å². The number of carbonyl (C=O) groups is 1. The summed E-state index contributed by atoms with van der Waals surface area (Å²) in [4.78, 5) is 11.7. The first kappa shape index (κ1) is 12.5. The number of amidine groups is 1. The van der Waals surface area contributed by atoms with Crippen molar-refractivity contribution in [2.24, 2.45) is 10.9 Å². The van der Waals surface area contributed by atoms with Crippen LogP contribution in [0.5, 0.6) is 0 Å². The Morgan fingerprint density at radius 3 is 2.56 bits per heavy atom. The molecule has 0 aromatic heterocycles. The predicted molar refractivity (Wildman–Crippen MR) is 64.5 cm³/mol. The van der Waals surface area contributed by atoms with Gasteiger partial charge in [0.2, 0.25) is 0 Å². The van der Waals surface area contributed by atoms with Crippen molar-refractivity contribution in [3.8, 4) is 0 Å². The second kappa shape index (κ2) is 5.50. The van der Waals surface area contributed by atoms with Crippen LogP contribution in [0.4, 0.5) is 0 Å². The highest BCUT2D eigenvalue weighted by Gasteiger charge is 2.12. The lowest BCUT2D eigenvalue weighted by atomic mass is 10.2. The minimum absolute atomic E-state index is 0.0366. The maximum Gasteiger partial charge on any atom is 0.251 e. The Morgan fingerprint density at radius 1 is 1.50 bits per heavy atom. The van der Waals surface area contributed by atoms with Crippen molar-refractivity contribution in [3.05, 3.63) is 34.3 Å². The Bertz CT molecular complexity index is 403. The molecular weight excluding hydrogens is 274 g/mol. The summed E-state index contributed by atoms with van der Waals surface area (Å²) < 4.78 is 0.897. The summed E-state index contributed by atoms with van der Waals surface area (Å²) in [7, 11) is 0. The van der Waals surface area contributed by atoms with Crippen molar-refractivity contribution in [1.29, 1.82) is 0 Å². The van der Waals surface area contributed by atoms with Crippen LogP contribution in [0.2, 0.25) is 0 Å². The van der Waals surface area contributed by atoms with E-state index < -0.39 is 6.04 Å². The standard InChI is InChI=1S/C10H12BrN3O2/c1-6(9(12)14-16)13-10(15)7-2-4-8(11)5-3-7/h2-6,16H,1H3,(H2,12,14)(H,13,15). The van der Waals surface area contributed by atoms with E-state index in [1.54, 1.807) is 31.2 Å². The Balaban J connectivity index is 2.69. The normalized spacial score (nSPS) is 13.2. The van der Waals surface area contributed by atoms with Crippen molar-refractivity contribution in [1.82, 2.24) is 5.32 Å². The van der Waals surface area contributed by atoms with E-state index in [0.29, 0.717) is 5.56 Å². The first-order valence-electron chi connectivity index (χ1n) is 4.58. The van der Waals surface area contributed by atoms with Gasteiger partial charge >= 0.3 is 0 Å². The third-order valence-electron chi connectivity index (χ3n) is 2.01. The van der Waals surface area contributed by atoms with Gasteiger partial charge in [0.15, 0.2) is 5.84 Å². The summed E-state index contributed by atoms with van der Waals surface area (Å²) in [5, 5.41) is 13.8. The van der Waals surface area contributed by atoms with Gasteiger partial charge in [0.05, 0.1) is 6.04 Å². The van der Waals surface area contributed by atoms with E-state index in [1.807, 2.05) is 0 Å². The van der Waals surface area contributed by atoms with E-state index >= 15 is 0 Å². The zero-order valence-electron chi connectivity index (χ0n) is 8.64. The zero-order valence-corrected chi connectivity index (χ0v) is 10.2. The van der Waals surface area contributed by atoms with E-state index in [4.69, 9.17) is 10.9 Å². The monoisotopic (exact) mass is 285 g/mol. The average Bonchev–Trinajstić information content (AvgIpc) is 2.28. The molecule has 1 rings (SSSR count). The van der Waals surface area contributed by atoms with E-state index in [0.717, 1.165) is 4.47 Å². The smallest absolute Gasteiger partial charge is 0.251 e. The number of nitrogens with one attached hydrogen (secondary N) is 1. The molecule has 0 heterocycles. The molecule has 86 valence electrons. The van der Waals surface area contributed by atoms with Gasteiger partial charge in [-0.05, 0) is 31.2 Å². The average molecular weight is 286 g/mol. The van der Waals surface area contributed by atoms with Gasteiger partial charge in [0, 0.05) is 10.0 Å². The summed E-state index contributed by atoms with van der Waals surface area (Å²) in [5.74, 6) is -0.308. The molecule has 0 aliphatic carbocycles. The van der Waals surface area contributed by atoms with Crippen molar-refractivity contribution in [3.63, 3.8) is 0 Å². The van der Waals surface area contributed by atoms with Crippen molar-refractivity contribution >= 4 is 27.7 Å². The van der Waals surface area contributed by atoms with Crippen LogP contribution in [0.15, 0.2) is 33.9 Å². The minimum Gasteiger partial charge on any atom is -0.409 e. The minimum atomic E-state index is -0.513. The Hall–Kier alpha value is -1.56. The fraction of sp³-hybridized carbons (Fsp3) is 0.200. The molecule has 0 spiro atoms. The lowest BCUT2D eigenvalue weighted by Crippen LogP contribution is -2.42. The molecule has 0 saturated heterocycles. The Morgan fingerprint density at radius 2 is 2.06 bits per heavy atom. The first-order chi connectivity index (χ1) is 7.54. The summed E-state index contributed by atoms with van der Waals surface area (Å²) in [6.45, 7) is 1.63. The van der Waals surface area contributed by atoms with Gasteiger partial charge in [-0.25, -0.2) is 0 Å². The molecule has 0 saturated carbocycles. The molecule has 1 aromatic carbocycles. The van der Waals surface area contributed by atoms with Crippen molar-refractivity contribution in [2.75, 3.05) is 0 Å². The van der Waals surface area contributed by atoms with Crippen molar-refractivity contribution in [2.45, 2.75) is 13.0 Å². The molecule has 0 aliphatic rings. The van der Waals surface area contributed by atoms with Crippen LogP contribution in [-0.2, 0) is 0 Å². The molecule has 5 nitrogen and oxygen atoms in total. The van der Waals surface area contributed by atoms with E-state index in [1.165, 1.54) is 0 Å². The number of rotatable bonds is 3. The maximum atomic E-state index is 11.7. The molecule has 6 heteroatoms. The third kappa shape index (κ3) is 3.23. The molecule has 1 aromatic rings.